The van der Waals surface area contributed by atoms with Crippen LogP contribution in [-0.2, 0) is 4.74 Å². The van der Waals surface area contributed by atoms with Crippen molar-refractivity contribution in [2.75, 3.05) is 27.2 Å². The Labute approximate surface area is 131 Å². The first-order valence-electron chi connectivity index (χ1n) is 8.75. The predicted molar refractivity (Wildman–Crippen MR) is 89.7 cm³/mol. The number of piperidine rings is 1. The molecule has 4 atom stereocenters. The number of ether oxygens (including phenoxy) is 1. The van der Waals surface area contributed by atoms with Crippen LogP contribution in [-0.4, -0.2) is 49.8 Å². The van der Waals surface area contributed by atoms with Crippen LogP contribution in [0.25, 0.3) is 0 Å². The Morgan fingerprint density at radius 3 is 2.52 bits per heavy atom. The third-order valence-corrected chi connectivity index (χ3v) is 6.06. The van der Waals surface area contributed by atoms with Crippen molar-refractivity contribution in [2.24, 2.45) is 11.3 Å². The van der Waals surface area contributed by atoms with Gasteiger partial charge in [0, 0.05) is 25.7 Å². The van der Waals surface area contributed by atoms with Gasteiger partial charge in [0.15, 0.2) is 0 Å². The lowest BCUT2D eigenvalue weighted by molar-refractivity contribution is -0.0737. The zero-order valence-electron chi connectivity index (χ0n) is 15.0. The minimum atomic E-state index is 0.0468. The first-order chi connectivity index (χ1) is 9.79. The zero-order valence-corrected chi connectivity index (χ0v) is 15.0. The maximum atomic E-state index is 5.80. The maximum Gasteiger partial charge on any atom is 0.0777 e. The molecule has 1 aliphatic carbocycles. The van der Waals surface area contributed by atoms with Crippen LogP contribution < -0.4 is 5.32 Å². The van der Waals surface area contributed by atoms with Gasteiger partial charge in [-0.3, -0.25) is 4.90 Å². The van der Waals surface area contributed by atoms with Crippen molar-refractivity contribution in [1.82, 2.24) is 10.2 Å². The number of hydrogen-bond donors (Lipinski definition) is 1. The minimum absolute atomic E-state index is 0.0468. The number of likely N-dealkylation sites (tertiary alicyclic amines) is 1. The first-order valence-corrected chi connectivity index (χ1v) is 8.75. The van der Waals surface area contributed by atoms with Gasteiger partial charge in [-0.1, -0.05) is 20.8 Å². The normalized spacial score (nSPS) is 39.4. The van der Waals surface area contributed by atoms with Gasteiger partial charge in [-0.25, -0.2) is 0 Å². The average Bonchev–Trinajstić information content (AvgIpc) is 2.45. The van der Waals surface area contributed by atoms with Crippen LogP contribution >= 0.6 is 0 Å². The molecule has 3 heteroatoms. The molecular formula is C18H36N2O. The molecule has 1 aliphatic heterocycles. The Morgan fingerprint density at radius 1 is 1.24 bits per heavy atom. The summed E-state index contributed by atoms with van der Waals surface area (Å²) in [6, 6.07) is 1.31. The molecule has 1 saturated heterocycles. The van der Waals surface area contributed by atoms with E-state index in [1.165, 1.54) is 38.6 Å². The van der Waals surface area contributed by atoms with Crippen molar-refractivity contribution < 1.29 is 4.74 Å². The molecule has 0 spiro atoms. The third kappa shape index (κ3) is 4.00. The topological polar surface area (TPSA) is 24.5 Å². The molecule has 1 heterocycles. The Morgan fingerprint density at radius 2 is 1.95 bits per heavy atom. The van der Waals surface area contributed by atoms with E-state index in [0.29, 0.717) is 17.5 Å². The highest BCUT2D eigenvalue weighted by atomic mass is 16.5. The van der Waals surface area contributed by atoms with Crippen molar-refractivity contribution >= 4 is 0 Å². The summed E-state index contributed by atoms with van der Waals surface area (Å²) < 4.78 is 5.80. The van der Waals surface area contributed by atoms with E-state index >= 15 is 0 Å². The van der Waals surface area contributed by atoms with E-state index in [1.54, 1.807) is 0 Å². The van der Waals surface area contributed by atoms with E-state index in [4.69, 9.17) is 4.74 Å². The van der Waals surface area contributed by atoms with Crippen LogP contribution in [0.15, 0.2) is 0 Å². The highest BCUT2D eigenvalue weighted by Gasteiger charge is 2.41. The minimum Gasteiger partial charge on any atom is -0.377 e. The van der Waals surface area contributed by atoms with E-state index in [-0.39, 0.29) is 5.60 Å². The number of methoxy groups -OCH3 is 1. The molecule has 0 aromatic carbocycles. The zero-order chi connectivity index (χ0) is 15.7. The van der Waals surface area contributed by atoms with Crippen molar-refractivity contribution in [3.63, 3.8) is 0 Å². The van der Waals surface area contributed by atoms with Crippen molar-refractivity contribution in [3.05, 3.63) is 0 Å². The number of nitrogens with zero attached hydrogens (tertiary/aromatic N) is 1. The Bertz CT molecular complexity index is 339. The van der Waals surface area contributed by atoms with Gasteiger partial charge >= 0.3 is 0 Å². The summed E-state index contributed by atoms with van der Waals surface area (Å²) in [5.41, 5.74) is 0.475. The third-order valence-electron chi connectivity index (χ3n) is 6.06. The van der Waals surface area contributed by atoms with Gasteiger partial charge in [-0.2, -0.15) is 0 Å². The summed E-state index contributed by atoms with van der Waals surface area (Å²) in [4.78, 5) is 2.71. The standard InChI is InChI=1S/C18H36N2O/c1-17(2,3)14-8-9-15(19-5)16(12-14)20-11-7-10-18(4,13-20)21-6/h14-16,19H,7-13H2,1-6H3. The molecule has 0 aromatic rings. The highest BCUT2D eigenvalue weighted by Crippen LogP contribution is 2.40. The Hall–Kier alpha value is -0.120. The molecule has 2 aliphatic rings. The van der Waals surface area contributed by atoms with Crippen molar-refractivity contribution in [1.29, 1.82) is 0 Å². The molecule has 0 amide bonds. The van der Waals surface area contributed by atoms with Crippen LogP contribution in [0, 0.1) is 11.3 Å². The smallest absolute Gasteiger partial charge is 0.0777 e. The summed E-state index contributed by atoms with van der Waals surface area (Å²) >= 11 is 0. The van der Waals surface area contributed by atoms with E-state index in [0.717, 1.165) is 12.5 Å². The maximum absolute atomic E-state index is 5.80. The molecule has 3 nitrogen and oxygen atoms in total. The quantitative estimate of drug-likeness (QED) is 0.865. The van der Waals surface area contributed by atoms with Gasteiger partial charge in [-0.15, -0.1) is 0 Å². The molecule has 1 saturated carbocycles. The van der Waals surface area contributed by atoms with Gasteiger partial charge < -0.3 is 10.1 Å². The SMILES string of the molecule is CNC1CCC(C(C)(C)C)CC1N1CCCC(C)(OC)C1. The van der Waals surface area contributed by atoms with Crippen LogP contribution in [0.2, 0.25) is 0 Å². The second kappa shape index (κ2) is 6.55. The van der Waals surface area contributed by atoms with Crippen LogP contribution in [0.3, 0.4) is 0 Å². The molecule has 0 radical (unpaired) electrons. The molecule has 1 N–H and O–H groups in total. The van der Waals surface area contributed by atoms with Gasteiger partial charge in [0.2, 0.25) is 0 Å². The molecule has 4 unspecified atom stereocenters. The molecule has 21 heavy (non-hydrogen) atoms. The fourth-order valence-corrected chi connectivity index (χ4v) is 4.37. The number of hydrogen-bond acceptors (Lipinski definition) is 3. The number of nitrogens with one attached hydrogen (secondary N) is 1. The van der Waals surface area contributed by atoms with E-state index in [2.05, 4.69) is 45.0 Å². The molecule has 0 bridgehead atoms. The summed E-state index contributed by atoms with van der Waals surface area (Å²) in [5.74, 6) is 0.836. The largest absolute Gasteiger partial charge is 0.377 e. The van der Waals surface area contributed by atoms with Crippen LogP contribution in [0.1, 0.15) is 59.8 Å². The Kier molecular flexibility index (Phi) is 5.38. The van der Waals surface area contributed by atoms with Crippen LogP contribution in [0.5, 0.6) is 0 Å². The molecule has 2 rings (SSSR count). The second-order valence-electron chi connectivity index (χ2n) is 8.57. The summed E-state index contributed by atoms with van der Waals surface area (Å²) in [6.45, 7) is 11.8. The Balaban J connectivity index is 2.10. The summed E-state index contributed by atoms with van der Waals surface area (Å²) in [6.07, 6.45) is 6.45. The van der Waals surface area contributed by atoms with E-state index in [1.807, 2.05) is 7.11 Å². The van der Waals surface area contributed by atoms with E-state index < -0.39 is 0 Å². The van der Waals surface area contributed by atoms with E-state index in [9.17, 15) is 0 Å². The first kappa shape index (κ1) is 17.2. The summed E-state index contributed by atoms with van der Waals surface area (Å²) in [5, 5.41) is 3.59. The number of likely N-dealkylation sites (N-methyl/N-ethyl adjacent to an activating group) is 1. The highest BCUT2D eigenvalue weighted by molar-refractivity contribution is 4.97. The summed E-state index contributed by atoms with van der Waals surface area (Å²) in [7, 11) is 4.01. The second-order valence-corrected chi connectivity index (χ2v) is 8.57. The lowest BCUT2D eigenvalue weighted by Crippen LogP contribution is -2.59. The fraction of sp³-hybridized carbons (Fsp3) is 1.00. The van der Waals surface area contributed by atoms with Crippen molar-refractivity contribution in [3.8, 4) is 0 Å². The predicted octanol–water partition coefficient (Wildman–Crippen LogP) is 3.29. The lowest BCUT2D eigenvalue weighted by atomic mass is 9.69. The average molecular weight is 296 g/mol. The monoisotopic (exact) mass is 296 g/mol. The fourth-order valence-electron chi connectivity index (χ4n) is 4.37. The molecular weight excluding hydrogens is 260 g/mol. The lowest BCUT2D eigenvalue weighted by Gasteiger charge is -2.50. The van der Waals surface area contributed by atoms with Crippen LogP contribution in [0.4, 0.5) is 0 Å². The van der Waals surface area contributed by atoms with Gasteiger partial charge in [0.1, 0.15) is 0 Å². The van der Waals surface area contributed by atoms with Gasteiger partial charge in [0.25, 0.3) is 0 Å². The van der Waals surface area contributed by atoms with Gasteiger partial charge in [-0.05, 0) is 64.0 Å². The number of rotatable bonds is 3. The van der Waals surface area contributed by atoms with Crippen molar-refractivity contribution in [2.45, 2.75) is 77.5 Å². The molecule has 2 fully saturated rings. The molecule has 0 aromatic heterocycles. The van der Waals surface area contributed by atoms with Gasteiger partial charge in [0.05, 0.1) is 5.60 Å². The molecule has 124 valence electrons.